The number of alkyl halides is 3. The normalized spacial score (nSPS) is 18.7. The number of fused-ring (bicyclic) bond motifs is 1. The molecule has 1 N–H and O–H groups in total. The second-order valence-electron chi connectivity index (χ2n) is 7.71. The second kappa shape index (κ2) is 6.95. The number of hydrogen-bond donors (Lipinski definition) is 1. The molecule has 1 aromatic carbocycles. The molecule has 1 aliphatic carbocycles. The van der Waals surface area contributed by atoms with Crippen molar-refractivity contribution in [1.29, 1.82) is 0 Å². The van der Waals surface area contributed by atoms with Crippen LogP contribution in [0.1, 0.15) is 57.7 Å². The van der Waals surface area contributed by atoms with E-state index in [1.165, 1.54) is 0 Å². The summed E-state index contributed by atoms with van der Waals surface area (Å²) in [5, 5.41) is 0.542. The predicted octanol–water partition coefficient (Wildman–Crippen LogP) is 5.78. The maximum Gasteiger partial charge on any atom is 0.408 e. The molecular weight excluding hydrogens is 429 g/mol. The van der Waals surface area contributed by atoms with Crippen LogP contribution in [0.15, 0.2) is 28.9 Å². The standard InChI is InChI=1S/C18H22BrF3N2OS/c1-17(2,3)26(25)23-16(18(20,21)22)14-10-24(12-5-4-6-12)15-9-11(19)7-8-13(14)15/h7-10,12,16,23H,4-6H2,1-3H3/t16-,26-/m0/s1. The molecule has 1 aliphatic rings. The highest BCUT2D eigenvalue weighted by Crippen LogP contribution is 2.42. The summed E-state index contributed by atoms with van der Waals surface area (Å²) in [5.74, 6) is 0. The van der Waals surface area contributed by atoms with Crippen molar-refractivity contribution in [2.75, 3.05) is 0 Å². The van der Waals surface area contributed by atoms with E-state index >= 15 is 0 Å². The van der Waals surface area contributed by atoms with Crippen LogP contribution in [0.5, 0.6) is 0 Å². The predicted molar refractivity (Wildman–Crippen MR) is 102 cm³/mol. The van der Waals surface area contributed by atoms with E-state index in [0.29, 0.717) is 5.39 Å². The van der Waals surface area contributed by atoms with E-state index in [2.05, 4.69) is 20.7 Å². The smallest absolute Gasteiger partial charge is 0.344 e. The van der Waals surface area contributed by atoms with Crippen LogP contribution in [-0.2, 0) is 11.0 Å². The minimum atomic E-state index is -4.55. The number of halogens is 4. The summed E-state index contributed by atoms with van der Waals surface area (Å²) in [6.45, 7) is 4.95. The van der Waals surface area contributed by atoms with E-state index in [1.54, 1.807) is 39.1 Å². The van der Waals surface area contributed by atoms with Crippen molar-refractivity contribution in [3.63, 3.8) is 0 Å². The van der Waals surface area contributed by atoms with Gasteiger partial charge in [-0.2, -0.15) is 13.2 Å². The van der Waals surface area contributed by atoms with E-state index in [1.807, 2.05) is 10.6 Å². The van der Waals surface area contributed by atoms with E-state index < -0.39 is 28.0 Å². The third kappa shape index (κ3) is 3.87. The summed E-state index contributed by atoms with van der Waals surface area (Å²) >= 11 is 3.41. The molecule has 144 valence electrons. The first-order valence-electron chi connectivity index (χ1n) is 8.53. The number of aromatic nitrogens is 1. The van der Waals surface area contributed by atoms with Crippen LogP contribution in [0.4, 0.5) is 13.2 Å². The molecule has 2 aromatic rings. The topological polar surface area (TPSA) is 34.0 Å². The van der Waals surface area contributed by atoms with Gasteiger partial charge in [0.25, 0.3) is 0 Å². The first-order valence-corrected chi connectivity index (χ1v) is 10.5. The first kappa shape index (κ1) is 19.9. The molecule has 0 radical (unpaired) electrons. The Balaban J connectivity index is 2.12. The molecule has 3 rings (SSSR count). The quantitative estimate of drug-likeness (QED) is 0.628. The summed E-state index contributed by atoms with van der Waals surface area (Å²) in [7, 11) is -1.84. The fraction of sp³-hybridized carbons (Fsp3) is 0.556. The Labute approximate surface area is 162 Å². The molecule has 1 fully saturated rings. The van der Waals surface area contributed by atoms with Crippen molar-refractivity contribution >= 4 is 37.8 Å². The van der Waals surface area contributed by atoms with Crippen LogP contribution in [0, 0.1) is 0 Å². The van der Waals surface area contributed by atoms with Gasteiger partial charge in [-0.25, -0.2) is 8.93 Å². The molecule has 26 heavy (non-hydrogen) atoms. The van der Waals surface area contributed by atoms with Crippen LogP contribution < -0.4 is 4.72 Å². The van der Waals surface area contributed by atoms with Crippen molar-refractivity contribution in [3.8, 4) is 0 Å². The Kier molecular flexibility index (Phi) is 5.31. The zero-order valence-electron chi connectivity index (χ0n) is 14.9. The van der Waals surface area contributed by atoms with Crippen molar-refractivity contribution in [2.45, 2.75) is 63.0 Å². The maximum atomic E-state index is 13.9. The zero-order chi connectivity index (χ0) is 19.3. The van der Waals surface area contributed by atoms with Crippen LogP contribution in [0.25, 0.3) is 10.9 Å². The number of benzene rings is 1. The SMILES string of the molecule is CC(C)(C)[S@](=O)N[C@@H](c1cn(C2CCC2)c2cc(Br)ccc12)C(F)(F)F. The third-order valence-corrected chi connectivity index (χ3v) is 6.77. The Morgan fingerprint density at radius 2 is 1.92 bits per heavy atom. The van der Waals surface area contributed by atoms with Gasteiger partial charge in [0.05, 0.1) is 15.7 Å². The number of nitrogens with one attached hydrogen (secondary N) is 1. The Morgan fingerprint density at radius 3 is 2.42 bits per heavy atom. The molecule has 3 nitrogen and oxygen atoms in total. The highest BCUT2D eigenvalue weighted by molar-refractivity contribution is 9.10. The summed E-state index contributed by atoms with van der Waals surface area (Å²) in [4.78, 5) is 0. The fourth-order valence-electron chi connectivity index (χ4n) is 3.04. The van der Waals surface area contributed by atoms with Gasteiger partial charge in [0.15, 0.2) is 0 Å². The van der Waals surface area contributed by atoms with Crippen molar-refractivity contribution in [1.82, 2.24) is 9.29 Å². The van der Waals surface area contributed by atoms with Gasteiger partial charge in [-0.15, -0.1) is 0 Å². The Bertz CT molecular complexity index is 837. The molecule has 0 bridgehead atoms. The molecule has 0 amide bonds. The lowest BCUT2D eigenvalue weighted by molar-refractivity contribution is -0.152. The van der Waals surface area contributed by atoms with E-state index in [4.69, 9.17) is 0 Å². The average molecular weight is 451 g/mol. The molecule has 1 aromatic heterocycles. The molecule has 0 saturated heterocycles. The van der Waals surface area contributed by atoms with Gasteiger partial charge in [0.2, 0.25) is 0 Å². The second-order valence-corrected chi connectivity index (χ2v) is 10.6. The lowest BCUT2D eigenvalue weighted by Gasteiger charge is -2.28. The van der Waals surface area contributed by atoms with Gasteiger partial charge in [-0.05, 0) is 52.2 Å². The van der Waals surface area contributed by atoms with E-state index in [9.17, 15) is 17.4 Å². The first-order chi connectivity index (χ1) is 12.0. The molecular formula is C18H22BrF3N2OS. The highest BCUT2D eigenvalue weighted by atomic mass is 79.9. The third-order valence-electron chi connectivity index (χ3n) is 4.71. The minimum Gasteiger partial charge on any atom is -0.344 e. The molecule has 1 saturated carbocycles. The lowest BCUT2D eigenvalue weighted by atomic mass is 9.93. The van der Waals surface area contributed by atoms with Gasteiger partial charge < -0.3 is 4.57 Å². The van der Waals surface area contributed by atoms with E-state index in [-0.39, 0.29) is 11.6 Å². The number of nitrogens with zero attached hydrogens (tertiary/aromatic N) is 1. The zero-order valence-corrected chi connectivity index (χ0v) is 17.3. The fourth-order valence-corrected chi connectivity index (χ4v) is 4.22. The van der Waals surface area contributed by atoms with Crippen LogP contribution in [0.3, 0.4) is 0 Å². The number of hydrogen-bond acceptors (Lipinski definition) is 1. The van der Waals surface area contributed by atoms with Crippen LogP contribution in [0.2, 0.25) is 0 Å². The van der Waals surface area contributed by atoms with E-state index in [0.717, 1.165) is 29.3 Å². The van der Waals surface area contributed by atoms with Crippen molar-refractivity contribution in [2.24, 2.45) is 0 Å². The molecule has 0 aliphatic heterocycles. The van der Waals surface area contributed by atoms with Gasteiger partial charge in [-0.1, -0.05) is 22.0 Å². The van der Waals surface area contributed by atoms with Gasteiger partial charge in [-0.3, -0.25) is 0 Å². The Hall–Kier alpha value is -0.860. The molecule has 0 unspecified atom stereocenters. The monoisotopic (exact) mass is 450 g/mol. The average Bonchev–Trinajstić information content (AvgIpc) is 2.78. The summed E-state index contributed by atoms with van der Waals surface area (Å²) in [6.07, 6.45) is 0.0584. The summed E-state index contributed by atoms with van der Waals surface area (Å²) in [6, 6.07) is 3.54. The minimum absolute atomic E-state index is 0.129. The summed E-state index contributed by atoms with van der Waals surface area (Å²) < 4.78 is 58.2. The highest BCUT2D eigenvalue weighted by Gasteiger charge is 2.44. The molecule has 8 heteroatoms. The largest absolute Gasteiger partial charge is 0.408 e. The van der Waals surface area contributed by atoms with Gasteiger partial charge >= 0.3 is 6.18 Å². The summed E-state index contributed by atoms with van der Waals surface area (Å²) in [5.41, 5.74) is 0.904. The number of rotatable bonds is 4. The maximum absolute atomic E-state index is 13.9. The van der Waals surface area contributed by atoms with Gasteiger partial charge in [0, 0.05) is 33.2 Å². The molecule has 1 heterocycles. The van der Waals surface area contributed by atoms with Crippen LogP contribution in [-0.4, -0.2) is 19.7 Å². The molecule has 2 atom stereocenters. The lowest BCUT2D eigenvalue weighted by Crippen LogP contribution is -2.41. The van der Waals surface area contributed by atoms with Crippen molar-refractivity contribution in [3.05, 3.63) is 34.4 Å². The van der Waals surface area contributed by atoms with Crippen molar-refractivity contribution < 1.29 is 17.4 Å². The van der Waals surface area contributed by atoms with Gasteiger partial charge in [0.1, 0.15) is 6.04 Å². The molecule has 0 spiro atoms. The Morgan fingerprint density at radius 1 is 1.27 bits per heavy atom. The van der Waals surface area contributed by atoms with Crippen LogP contribution >= 0.6 is 15.9 Å².